The van der Waals surface area contributed by atoms with Crippen LogP contribution in [0.3, 0.4) is 0 Å². The number of anilines is 1. The number of nitrogens with zero attached hydrogens (tertiary/aromatic N) is 2. The van der Waals surface area contributed by atoms with Crippen molar-refractivity contribution in [3.8, 4) is 11.1 Å². The van der Waals surface area contributed by atoms with Crippen molar-refractivity contribution in [1.82, 2.24) is 9.22 Å². The molecule has 0 aliphatic heterocycles. The summed E-state index contributed by atoms with van der Waals surface area (Å²) in [5.41, 5.74) is 4.84. The Labute approximate surface area is 227 Å². The smallest absolute Gasteiger partial charge is 0.221 e. The van der Waals surface area contributed by atoms with Crippen LogP contribution in [0.4, 0.5) is 5.69 Å². The molecule has 4 rings (SSSR count). The first-order valence-electron chi connectivity index (χ1n) is 13.1. The molecule has 38 heavy (non-hydrogen) atoms. The molecule has 0 saturated carbocycles. The number of pyridine rings is 1. The quantitative estimate of drug-likeness (QED) is 0.231. The molecule has 0 bridgehead atoms. The minimum absolute atomic E-state index is 0.108. The van der Waals surface area contributed by atoms with E-state index < -0.39 is 18.1 Å². The lowest BCUT2D eigenvalue weighted by Gasteiger charge is -2.44. The van der Waals surface area contributed by atoms with Gasteiger partial charge in [-0.05, 0) is 76.4 Å². The van der Waals surface area contributed by atoms with Crippen LogP contribution in [0.15, 0.2) is 83.0 Å². The number of carbonyl (C=O) groups excluding carboxylic acids is 1. The lowest BCUT2D eigenvalue weighted by Crippen LogP contribution is -2.51. The van der Waals surface area contributed by atoms with Crippen LogP contribution in [0.2, 0.25) is 16.6 Å². The van der Waals surface area contributed by atoms with E-state index in [4.69, 9.17) is 0 Å². The first-order valence-corrected chi connectivity index (χ1v) is 16.8. The number of nitrogens with one attached hydrogen (secondary N) is 1. The van der Waals surface area contributed by atoms with Gasteiger partial charge in [-0.1, -0.05) is 53.7 Å². The Morgan fingerprint density at radius 3 is 2.16 bits per heavy atom. The minimum atomic E-state index is -3.84. The molecule has 2 heterocycles. The molecule has 8 heteroatoms. The van der Waals surface area contributed by atoms with Crippen molar-refractivity contribution in [2.75, 3.05) is 5.32 Å². The van der Waals surface area contributed by atoms with Crippen LogP contribution in [0.25, 0.3) is 22.0 Å². The van der Waals surface area contributed by atoms with Gasteiger partial charge in [0.15, 0.2) is 8.24 Å². The van der Waals surface area contributed by atoms with Crippen molar-refractivity contribution in [2.45, 2.75) is 74.9 Å². The molecule has 0 fully saturated rings. The first-order chi connectivity index (χ1) is 17.9. The summed E-state index contributed by atoms with van der Waals surface area (Å²) >= 11 is 0. The third kappa shape index (κ3) is 4.71. The molecule has 4 aromatic rings. The molecule has 6 nitrogen and oxygen atoms in total. The molecule has 0 unspecified atom stereocenters. The number of aromatic nitrogens is 2. The monoisotopic (exact) mass is 547 g/mol. The Bertz CT molecular complexity index is 1550. The van der Waals surface area contributed by atoms with Crippen molar-refractivity contribution in [1.29, 1.82) is 0 Å². The van der Waals surface area contributed by atoms with Crippen molar-refractivity contribution in [2.24, 2.45) is 0 Å². The zero-order chi connectivity index (χ0) is 27.8. The lowest BCUT2D eigenvalue weighted by molar-refractivity contribution is -0.114. The number of benzene rings is 2. The van der Waals surface area contributed by atoms with Gasteiger partial charge >= 0.3 is 0 Å². The van der Waals surface area contributed by atoms with Gasteiger partial charge in [-0.15, -0.1) is 0 Å². The maximum atomic E-state index is 13.5. The summed E-state index contributed by atoms with van der Waals surface area (Å²) in [5.74, 6) is -0.266. The molecule has 2 aromatic heterocycles. The van der Waals surface area contributed by atoms with Gasteiger partial charge in [-0.25, -0.2) is 8.42 Å². The van der Waals surface area contributed by atoms with Crippen LogP contribution < -0.4 is 5.32 Å². The number of hydrogen-bond acceptors (Lipinski definition) is 4. The van der Waals surface area contributed by atoms with Crippen molar-refractivity contribution >= 4 is 40.6 Å². The predicted octanol–water partition coefficient (Wildman–Crippen LogP) is 7.52. The van der Waals surface area contributed by atoms with E-state index in [1.807, 2.05) is 18.2 Å². The summed E-state index contributed by atoms with van der Waals surface area (Å²) in [7, 11) is -5.85. The van der Waals surface area contributed by atoms with Crippen LogP contribution in [0.5, 0.6) is 0 Å². The van der Waals surface area contributed by atoms with Crippen molar-refractivity contribution in [3.05, 3.63) is 73.2 Å². The fourth-order valence-electron chi connectivity index (χ4n) is 6.42. The molecule has 0 saturated heterocycles. The van der Waals surface area contributed by atoms with Crippen molar-refractivity contribution in [3.63, 3.8) is 0 Å². The second-order valence-corrected chi connectivity index (χ2v) is 18.6. The zero-order valence-electron chi connectivity index (χ0n) is 23.2. The van der Waals surface area contributed by atoms with E-state index >= 15 is 0 Å². The lowest BCUT2D eigenvalue weighted by atomic mass is 10.0. The average molecular weight is 548 g/mol. The van der Waals surface area contributed by atoms with Crippen LogP contribution >= 0.6 is 0 Å². The summed E-state index contributed by atoms with van der Waals surface area (Å²) in [5, 5.41) is 3.85. The van der Waals surface area contributed by atoms with E-state index in [1.54, 1.807) is 18.3 Å². The fourth-order valence-corrected chi connectivity index (χ4v) is 14.3. The molecule has 0 aliphatic rings. The summed E-state index contributed by atoms with van der Waals surface area (Å²) in [6.45, 7) is 15.5. The van der Waals surface area contributed by atoms with Crippen LogP contribution in [-0.2, 0) is 14.6 Å². The molecule has 200 valence electrons. The number of fused-ring (bicyclic) bond motifs is 1. The van der Waals surface area contributed by atoms with Gasteiger partial charge < -0.3 is 9.55 Å². The average Bonchev–Trinajstić information content (AvgIpc) is 3.28. The van der Waals surface area contributed by atoms with Gasteiger partial charge in [0.25, 0.3) is 0 Å². The molecule has 0 radical (unpaired) electrons. The van der Waals surface area contributed by atoms with Gasteiger partial charge in [0.2, 0.25) is 15.7 Å². The Morgan fingerprint density at radius 2 is 1.58 bits per heavy atom. The molecular formula is C30H37N3O3SSi. The van der Waals surface area contributed by atoms with Gasteiger partial charge in [0.05, 0.1) is 9.79 Å². The SMILES string of the molecule is CC(=O)Nc1cc(-c2cccc3c2ccn3[Si](C(C)C)(C(C)C)C(C)C)cc(S(=O)(=O)c2cccnc2)c1. The first kappa shape index (κ1) is 27.8. The fraction of sp³-hybridized carbons (Fsp3) is 0.333. The maximum Gasteiger partial charge on any atom is 0.221 e. The highest BCUT2D eigenvalue weighted by Gasteiger charge is 2.45. The largest absolute Gasteiger partial charge is 0.373 e. The van der Waals surface area contributed by atoms with E-state index in [0.29, 0.717) is 22.3 Å². The van der Waals surface area contributed by atoms with E-state index in [1.165, 1.54) is 25.3 Å². The van der Waals surface area contributed by atoms with E-state index in [-0.39, 0.29) is 15.7 Å². The molecular weight excluding hydrogens is 511 g/mol. The Balaban J connectivity index is 1.98. The number of hydrogen-bond donors (Lipinski definition) is 1. The summed E-state index contributed by atoms with van der Waals surface area (Å²) in [4.78, 5) is 16.1. The standard InChI is InChI=1S/C30H37N3O3SSi/c1-20(2)38(21(3)4,22(5)6)33-15-13-29-28(11-8-12-30(29)33)24-16-25(32-23(7)34)18-27(17-24)37(35,36)26-10-9-14-31-19-26/h8-22H,1-7H3,(H,32,34). The van der Waals surface area contributed by atoms with Gasteiger partial charge in [0, 0.05) is 35.9 Å². The van der Waals surface area contributed by atoms with Gasteiger partial charge in [-0.2, -0.15) is 0 Å². The number of amides is 1. The molecule has 1 amide bonds. The van der Waals surface area contributed by atoms with Crippen LogP contribution in [0.1, 0.15) is 48.5 Å². The summed E-state index contributed by atoms with van der Waals surface area (Å²) in [6.07, 6.45) is 5.11. The Hall–Kier alpha value is -3.23. The van der Waals surface area contributed by atoms with Gasteiger partial charge in [-0.3, -0.25) is 9.78 Å². The van der Waals surface area contributed by atoms with Crippen LogP contribution in [0, 0.1) is 0 Å². The topological polar surface area (TPSA) is 81.1 Å². The highest BCUT2D eigenvalue weighted by molar-refractivity contribution is 7.91. The molecule has 0 spiro atoms. The van der Waals surface area contributed by atoms with Crippen molar-refractivity contribution < 1.29 is 13.2 Å². The summed E-state index contributed by atoms with van der Waals surface area (Å²) in [6, 6.07) is 16.5. The van der Waals surface area contributed by atoms with E-state index in [0.717, 1.165) is 22.0 Å². The predicted molar refractivity (Wildman–Crippen MR) is 158 cm³/mol. The van der Waals surface area contributed by atoms with E-state index in [2.05, 4.69) is 74.4 Å². The Kier molecular flexibility index (Phi) is 7.68. The maximum absolute atomic E-state index is 13.5. The number of carbonyl (C=O) groups is 1. The number of rotatable bonds is 8. The van der Waals surface area contributed by atoms with E-state index in [9.17, 15) is 13.2 Å². The highest BCUT2D eigenvalue weighted by Crippen LogP contribution is 2.45. The number of sulfone groups is 1. The molecule has 1 N–H and O–H groups in total. The molecule has 0 atom stereocenters. The molecule has 2 aromatic carbocycles. The third-order valence-electron chi connectivity index (χ3n) is 7.72. The normalized spacial score (nSPS) is 12.6. The Morgan fingerprint density at radius 1 is 0.895 bits per heavy atom. The second-order valence-electron chi connectivity index (χ2n) is 10.9. The molecule has 0 aliphatic carbocycles. The van der Waals surface area contributed by atoms with Crippen LogP contribution in [-0.4, -0.2) is 31.8 Å². The van der Waals surface area contributed by atoms with Gasteiger partial charge in [0.1, 0.15) is 0 Å². The second kappa shape index (κ2) is 10.5. The minimum Gasteiger partial charge on any atom is -0.373 e. The third-order valence-corrected chi connectivity index (χ3v) is 16.2. The zero-order valence-corrected chi connectivity index (χ0v) is 25.0. The highest BCUT2D eigenvalue weighted by atomic mass is 32.2. The summed E-state index contributed by atoms with van der Waals surface area (Å²) < 4.78 is 29.6.